The van der Waals surface area contributed by atoms with E-state index in [1.807, 2.05) is 0 Å². The number of aromatic nitrogens is 1. The zero-order chi connectivity index (χ0) is 13.1. The summed E-state index contributed by atoms with van der Waals surface area (Å²) in [5.41, 5.74) is 0.577. The van der Waals surface area contributed by atoms with Crippen molar-refractivity contribution in [2.45, 2.75) is 13.3 Å². The van der Waals surface area contributed by atoms with E-state index in [4.69, 9.17) is 9.63 Å². The standard InChI is InChI=1S/C13H11NO4/c1-2-9-10(13(16)17)14-18-12(9)11(15)8-6-4-3-5-7-8/h3-7H,2H2,1H3,(H,16,17). The number of carboxylic acids is 1. The Morgan fingerprint density at radius 2 is 1.94 bits per heavy atom. The Morgan fingerprint density at radius 1 is 1.28 bits per heavy atom. The SMILES string of the molecule is CCc1c(C(=O)O)noc1C(=O)c1ccccc1. The second-order valence-corrected chi connectivity index (χ2v) is 3.69. The molecule has 0 amide bonds. The second kappa shape index (κ2) is 4.83. The van der Waals surface area contributed by atoms with Gasteiger partial charge in [0.05, 0.1) is 0 Å². The summed E-state index contributed by atoms with van der Waals surface area (Å²) in [6.45, 7) is 1.75. The Bertz CT molecular complexity index is 586. The van der Waals surface area contributed by atoms with Crippen molar-refractivity contribution in [3.8, 4) is 0 Å². The van der Waals surface area contributed by atoms with E-state index in [1.165, 1.54) is 0 Å². The number of carboxylic acid groups (broad SMARTS) is 1. The minimum Gasteiger partial charge on any atom is -0.476 e. The maximum atomic E-state index is 12.1. The number of aromatic carboxylic acids is 1. The van der Waals surface area contributed by atoms with E-state index in [0.717, 1.165) is 0 Å². The van der Waals surface area contributed by atoms with Gasteiger partial charge in [0, 0.05) is 11.1 Å². The molecule has 1 aromatic heterocycles. The minimum atomic E-state index is -1.19. The van der Waals surface area contributed by atoms with E-state index in [9.17, 15) is 9.59 Å². The molecule has 0 unspecified atom stereocenters. The Kier molecular flexibility index (Phi) is 3.23. The molecule has 0 atom stereocenters. The van der Waals surface area contributed by atoms with E-state index in [0.29, 0.717) is 17.5 Å². The number of hydrogen-bond donors (Lipinski definition) is 1. The van der Waals surface area contributed by atoms with Gasteiger partial charge in [-0.1, -0.05) is 42.4 Å². The maximum absolute atomic E-state index is 12.1. The highest BCUT2D eigenvalue weighted by Gasteiger charge is 2.25. The van der Waals surface area contributed by atoms with Crippen molar-refractivity contribution in [1.29, 1.82) is 0 Å². The molecule has 5 nitrogen and oxygen atoms in total. The molecule has 1 aromatic carbocycles. The molecule has 0 radical (unpaired) electrons. The van der Waals surface area contributed by atoms with Crippen LogP contribution in [0, 0.1) is 0 Å². The van der Waals surface area contributed by atoms with Crippen LogP contribution in [0.1, 0.15) is 39.1 Å². The van der Waals surface area contributed by atoms with Gasteiger partial charge < -0.3 is 9.63 Å². The third kappa shape index (κ3) is 2.02. The predicted octanol–water partition coefficient (Wildman–Crippen LogP) is 2.17. The molecule has 2 rings (SSSR count). The van der Waals surface area contributed by atoms with Gasteiger partial charge in [0.1, 0.15) is 0 Å². The lowest BCUT2D eigenvalue weighted by Crippen LogP contribution is -2.06. The van der Waals surface area contributed by atoms with E-state index >= 15 is 0 Å². The zero-order valence-electron chi connectivity index (χ0n) is 9.71. The number of rotatable bonds is 4. The number of carbonyl (C=O) groups is 2. The summed E-state index contributed by atoms with van der Waals surface area (Å²) in [5, 5.41) is 12.4. The van der Waals surface area contributed by atoms with Crippen LogP contribution in [0.3, 0.4) is 0 Å². The fourth-order valence-corrected chi connectivity index (χ4v) is 1.70. The number of hydrogen-bond acceptors (Lipinski definition) is 4. The summed E-state index contributed by atoms with van der Waals surface area (Å²) in [6.07, 6.45) is 0.374. The van der Waals surface area contributed by atoms with Gasteiger partial charge in [-0.15, -0.1) is 0 Å². The Labute approximate surface area is 103 Å². The summed E-state index contributed by atoms with van der Waals surface area (Å²) in [6, 6.07) is 8.54. The molecule has 0 fully saturated rings. The molecule has 5 heteroatoms. The van der Waals surface area contributed by atoms with E-state index < -0.39 is 5.97 Å². The molecule has 0 saturated heterocycles. The summed E-state index contributed by atoms with van der Waals surface area (Å²) in [7, 11) is 0. The molecule has 18 heavy (non-hydrogen) atoms. The van der Waals surface area contributed by atoms with Crippen LogP contribution < -0.4 is 0 Å². The van der Waals surface area contributed by atoms with E-state index in [1.54, 1.807) is 37.3 Å². The maximum Gasteiger partial charge on any atom is 0.358 e. The molecule has 0 aliphatic rings. The van der Waals surface area contributed by atoms with Gasteiger partial charge in [0.25, 0.3) is 0 Å². The van der Waals surface area contributed by atoms with Gasteiger partial charge in [-0.3, -0.25) is 4.79 Å². The van der Waals surface area contributed by atoms with Crippen molar-refractivity contribution in [2.75, 3.05) is 0 Å². The Morgan fingerprint density at radius 3 is 2.50 bits per heavy atom. The van der Waals surface area contributed by atoms with E-state index in [2.05, 4.69) is 5.16 Å². The van der Waals surface area contributed by atoms with Gasteiger partial charge in [-0.2, -0.15) is 0 Å². The van der Waals surface area contributed by atoms with Crippen LogP contribution in [0.4, 0.5) is 0 Å². The molecule has 0 aliphatic heterocycles. The largest absolute Gasteiger partial charge is 0.476 e. The smallest absolute Gasteiger partial charge is 0.358 e. The Balaban J connectivity index is 2.46. The first-order valence-corrected chi connectivity index (χ1v) is 5.46. The predicted molar refractivity (Wildman–Crippen MR) is 62.7 cm³/mol. The lowest BCUT2D eigenvalue weighted by molar-refractivity contribution is 0.0684. The van der Waals surface area contributed by atoms with Gasteiger partial charge in [-0.05, 0) is 6.42 Å². The molecule has 92 valence electrons. The molecule has 0 aliphatic carbocycles. The fraction of sp³-hybridized carbons (Fsp3) is 0.154. The van der Waals surface area contributed by atoms with Crippen LogP contribution >= 0.6 is 0 Å². The lowest BCUT2D eigenvalue weighted by Gasteiger charge is -1.98. The minimum absolute atomic E-state index is 0.00102. The first-order valence-electron chi connectivity index (χ1n) is 5.46. The summed E-state index contributed by atoms with van der Waals surface area (Å²) in [4.78, 5) is 23.1. The molecule has 0 spiro atoms. The number of carbonyl (C=O) groups excluding carboxylic acids is 1. The van der Waals surface area contributed by atoms with Crippen LogP contribution in [-0.4, -0.2) is 22.0 Å². The van der Waals surface area contributed by atoms with Crippen molar-refractivity contribution >= 4 is 11.8 Å². The first-order chi connectivity index (χ1) is 8.65. The van der Waals surface area contributed by atoms with Gasteiger partial charge in [-0.25, -0.2) is 4.79 Å². The zero-order valence-corrected chi connectivity index (χ0v) is 9.71. The fourth-order valence-electron chi connectivity index (χ4n) is 1.70. The third-order valence-corrected chi connectivity index (χ3v) is 2.59. The molecule has 0 saturated carbocycles. The first kappa shape index (κ1) is 12.0. The molecule has 2 aromatic rings. The van der Waals surface area contributed by atoms with Crippen molar-refractivity contribution in [3.63, 3.8) is 0 Å². The monoisotopic (exact) mass is 245 g/mol. The van der Waals surface area contributed by atoms with Crippen molar-refractivity contribution in [2.24, 2.45) is 0 Å². The lowest BCUT2D eigenvalue weighted by atomic mass is 10.0. The van der Waals surface area contributed by atoms with Crippen molar-refractivity contribution in [3.05, 3.63) is 52.9 Å². The van der Waals surface area contributed by atoms with Gasteiger partial charge in [0.15, 0.2) is 5.69 Å². The summed E-state index contributed by atoms with van der Waals surface area (Å²) >= 11 is 0. The molecule has 1 heterocycles. The van der Waals surface area contributed by atoms with Crippen LogP contribution in [0.15, 0.2) is 34.9 Å². The van der Waals surface area contributed by atoms with Gasteiger partial charge >= 0.3 is 5.97 Å². The van der Waals surface area contributed by atoms with Crippen molar-refractivity contribution < 1.29 is 19.2 Å². The van der Waals surface area contributed by atoms with Crippen LogP contribution in [0.25, 0.3) is 0 Å². The highest BCUT2D eigenvalue weighted by atomic mass is 16.5. The highest BCUT2D eigenvalue weighted by molar-refractivity contribution is 6.09. The molecule has 0 bridgehead atoms. The average molecular weight is 245 g/mol. The van der Waals surface area contributed by atoms with Crippen LogP contribution in [-0.2, 0) is 6.42 Å². The van der Waals surface area contributed by atoms with E-state index in [-0.39, 0.29) is 17.2 Å². The normalized spacial score (nSPS) is 10.3. The number of nitrogens with zero attached hydrogens (tertiary/aromatic N) is 1. The third-order valence-electron chi connectivity index (χ3n) is 2.59. The van der Waals surface area contributed by atoms with Crippen LogP contribution in [0.5, 0.6) is 0 Å². The molecular formula is C13H11NO4. The summed E-state index contributed by atoms with van der Waals surface area (Å²) < 4.78 is 4.88. The molecule has 1 N–H and O–H groups in total. The molecular weight excluding hydrogens is 234 g/mol. The summed E-state index contributed by atoms with van der Waals surface area (Å²) in [5.74, 6) is -1.55. The van der Waals surface area contributed by atoms with Crippen LogP contribution in [0.2, 0.25) is 0 Å². The van der Waals surface area contributed by atoms with Crippen molar-refractivity contribution in [1.82, 2.24) is 5.16 Å². The highest BCUT2D eigenvalue weighted by Crippen LogP contribution is 2.19. The number of benzene rings is 1. The quantitative estimate of drug-likeness (QED) is 0.835. The van der Waals surface area contributed by atoms with Gasteiger partial charge in [0.2, 0.25) is 11.5 Å². The second-order valence-electron chi connectivity index (χ2n) is 3.69. The average Bonchev–Trinajstić information content (AvgIpc) is 2.82. The number of ketones is 1. The topological polar surface area (TPSA) is 80.4 Å². The Hall–Kier alpha value is -2.43.